The first-order valence-electron chi connectivity index (χ1n) is 6.71. The zero-order chi connectivity index (χ0) is 14.8. The molecule has 2 rings (SSSR count). The number of benzene rings is 1. The second-order valence-electron chi connectivity index (χ2n) is 5.96. The SMILES string of the molecule is CC(C)(C)NCc1cc(F)cc(OC2CCOC2=O)c1. The summed E-state index contributed by atoms with van der Waals surface area (Å²) in [5.74, 6) is -0.400. The van der Waals surface area contributed by atoms with Crippen molar-refractivity contribution in [3.8, 4) is 5.75 Å². The van der Waals surface area contributed by atoms with Crippen molar-refractivity contribution >= 4 is 5.97 Å². The highest BCUT2D eigenvalue weighted by Crippen LogP contribution is 2.21. The molecule has 1 heterocycles. The molecule has 20 heavy (non-hydrogen) atoms. The zero-order valence-corrected chi connectivity index (χ0v) is 12.0. The van der Waals surface area contributed by atoms with Crippen molar-refractivity contribution < 1.29 is 18.7 Å². The minimum atomic E-state index is -0.625. The van der Waals surface area contributed by atoms with Gasteiger partial charge in [-0.25, -0.2) is 9.18 Å². The average Bonchev–Trinajstić information content (AvgIpc) is 2.71. The second-order valence-corrected chi connectivity index (χ2v) is 5.96. The Hall–Kier alpha value is -1.62. The predicted molar refractivity (Wildman–Crippen MR) is 73.0 cm³/mol. The number of cyclic esters (lactones) is 1. The van der Waals surface area contributed by atoms with Gasteiger partial charge >= 0.3 is 5.97 Å². The lowest BCUT2D eigenvalue weighted by molar-refractivity contribution is -0.143. The first-order chi connectivity index (χ1) is 9.33. The summed E-state index contributed by atoms with van der Waals surface area (Å²) in [5, 5.41) is 3.28. The van der Waals surface area contributed by atoms with Crippen LogP contribution in [0.1, 0.15) is 32.8 Å². The molecule has 5 heteroatoms. The molecule has 1 N–H and O–H groups in total. The molecule has 0 saturated carbocycles. The van der Waals surface area contributed by atoms with Gasteiger partial charge in [0.05, 0.1) is 6.61 Å². The van der Waals surface area contributed by atoms with Gasteiger partial charge in [-0.2, -0.15) is 0 Å². The van der Waals surface area contributed by atoms with Gasteiger partial charge in [0.2, 0.25) is 0 Å². The highest BCUT2D eigenvalue weighted by Gasteiger charge is 2.28. The van der Waals surface area contributed by atoms with Gasteiger partial charge in [-0.3, -0.25) is 0 Å². The summed E-state index contributed by atoms with van der Waals surface area (Å²) < 4.78 is 23.9. The van der Waals surface area contributed by atoms with E-state index < -0.39 is 6.10 Å². The standard InChI is InChI=1S/C15H20FNO3/c1-15(2,3)17-9-10-6-11(16)8-12(7-10)20-13-4-5-19-14(13)18/h6-8,13,17H,4-5,9H2,1-3H3. The van der Waals surface area contributed by atoms with Crippen LogP contribution in [0.3, 0.4) is 0 Å². The number of halogens is 1. The largest absolute Gasteiger partial charge is 0.478 e. The quantitative estimate of drug-likeness (QED) is 0.861. The van der Waals surface area contributed by atoms with E-state index in [2.05, 4.69) is 5.32 Å². The van der Waals surface area contributed by atoms with Gasteiger partial charge in [0.1, 0.15) is 11.6 Å². The fourth-order valence-corrected chi connectivity index (χ4v) is 1.91. The average molecular weight is 281 g/mol. The van der Waals surface area contributed by atoms with E-state index in [9.17, 15) is 9.18 Å². The van der Waals surface area contributed by atoms with Gasteiger partial charge in [-0.15, -0.1) is 0 Å². The van der Waals surface area contributed by atoms with E-state index in [1.165, 1.54) is 12.1 Å². The number of hydrogen-bond acceptors (Lipinski definition) is 4. The van der Waals surface area contributed by atoms with Gasteiger partial charge in [-0.05, 0) is 38.5 Å². The van der Waals surface area contributed by atoms with E-state index in [1.54, 1.807) is 6.07 Å². The Morgan fingerprint density at radius 1 is 1.40 bits per heavy atom. The van der Waals surface area contributed by atoms with Crippen molar-refractivity contribution in [3.05, 3.63) is 29.6 Å². The van der Waals surface area contributed by atoms with Crippen LogP contribution in [0.5, 0.6) is 5.75 Å². The minimum absolute atomic E-state index is 0.0530. The molecule has 1 aliphatic heterocycles. The second kappa shape index (κ2) is 5.79. The summed E-state index contributed by atoms with van der Waals surface area (Å²) in [6.07, 6.45) is -0.120. The Labute approximate surface area is 118 Å². The van der Waals surface area contributed by atoms with Crippen molar-refractivity contribution in [1.29, 1.82) is 0 Å². The molecule has 0 amide bonds. The summed E-state index contributed by atoms with van der Waals surface area (Å²) in [4.78, 5) is 11.4. The fourth-order valence-electron chi connectivity index (χ4n) is 1.91. The molecule has 1 aliphatic rings. The lowest BCUT2D eigenvalue weighted by Crippen LogP contribution is -2.35. The van der Waals surface area contributed by atoms with Crippen LogP contribution in [0.15, 0.2) is 18.2 Å². The molecular formula is C15H20FNO3. The molecule has 1 aromatic rings. The van der Waals surface area contributed by atoms with Gasteiger partial charge in [0.15, 0.2) is 6.10 Å². The highest BCUT2D eigenvalue weighted by molar-refractivity contribution is 5.76. The molecule has 1 fully saturated rings. The van der Waals surface area contributed by atoms with Crippen LogP contribution in [0.2, 0.25) is 0 Å². The number of nitrogens with one attached hydrogen (secondary N) is 1. The zero-order valence-electron chi connectivity index (χ0n) is 12.0. The summed E-state index contributed by atoms with van der Waals surface area (Å²) >= 11 is 0. The first kappa shape index (κ1) is 14.8. The normalized spacial score (nSPS) is 19.0. The van der Waals surface area contributed by atoms with Crippen molar-refractivity contribution in [1.82, 2.24) is 5.32 Å². The van der Waals surface area contributed by atoms with Crippen LogP contribution < -0.4 is 10.1 Å². The Morgan fingerprint density at radius 2 is 2.15 bits per heavy atom. The number of ether oxygens (including phenoxy) is 2. The van der Waals surface area contributed by atoms with E-state index in [4.69, 9.17) is 9.47 Å². The molecule has 0 bridgehead atoms. The maximum Gasteiger partial charge on any atom is 0.347 e. The fraction of sp³-hybridized carbons (Fsp3) is 0.533. The Bertz CT molecular complexity index is 496. The van der Waals surface area contributed by atoms with E-state index in [-0.39, 0.29) is 17.3 Å². The highest BCUT2D eigenvalue weighted by atomic mass is 19.1. The lowest BCUT2D eigenvalue weighted by atomic mass is 10.1. The third-order valence-electron chi connectivity index (χ3n) is 2.92. The van der Waals surface area contributed by atoms with Crippen molar-refractivity contribution in [2.75, 3.05) is 6.61 Å². The molecule has 1 aromatic carbocycles. The molecule has 0 aromatic heterocycles. The van der Waals surface area contributed by atoms with Gasteiger partial charge in [0, 0.05) is 24.6 Å². The molecule has 1 atom stereocenters. The van der Waals surface area contributed by atoms with Gasteiger partial charge < -0.3 is 14.8 Å². The summed E-state index contributed by atoms with van der Waals surface area (Å²) in [7, 11) is 0. The Kier molecular flexibility index (Phi) is 4.28. The topological polar surface area (TPSA) is 47.6 Å². The molecule has 0 spiro atoms. The van der Waals surface area contributed by atoms with E-state index in [1.807, 2.05) is 20.8 Å². The van der Waals surface area contributed by atoms with Crippen LogP contribution in [0, 0.1) is 5.82 Å². The van der Waals surface area contributed by atoms with Crippen LogP contribution in [-0.2, 0) is 16.1 Å². The Balaban J connectivity index is 2.06. The van der Waals surface area contributed by atoms with E-state index >= 15 is 0 Å². The monoisotopic (exact) mass is 281 g/mol. The maximum absolute atomic E-state index is 13.6. The Morgan fingerprint density at radius 3 is 2.75 bits per heavy atom. The third kappa shape index (κ3) is 4.20. The summed E-state index contributed by atoms with van der Waals surface area (Å²) in [6, 6.07) is 4.48. The molecule has 4 nitrogen and oxygen atoms in total. The minimum Gasteiger partial charge on any atom is -0.478 e. The molecule has 1 saturated heterocycles. The maximum atomic E-state index is 13.6. The predicted octanol–water partition coefficient (Wildman–Crippen LogP) is 2.41. The molecule has 1 unspecified atom stereocenters. The van der Waals surface area contributed by atoms with Crippen LogP contribution in [0.25, 0.3) is 0 Å². The smallest absolute Gasteiger partial charge is 0.347 e. The molecule has 110 valence electrons. The van der Waals surface area contributed by atoms with Crippen molar-refractivity contribution in [2.24, 2.45) is 0 Å². The van der Waals surface area contributed by atoms with Crippen molar-refractivity contribution in [3.63, 3.8) is 0 Å². The van der Waals surface area contributed by atoms with Crippen LogP contribution in [0.4, 0.5) is 4.39 Å². The molecule has 0 aliphatic carbocycles. The van der Waals surface area contributed by atoms with Gasteiger partial charge in [-0.1, -0.05) is 0 Å². The van der Waals surface area contributed by atoms with Gasteiger partial charge in [0.25, 0.3) is 0 Å². The van der Waals surface area contributed by atoms with Crippen LogP contribution >= 0.6 is 0 Å². The van der Waals surface area contributed by atoms with E-state index in [0.717, 1.165) is 5.56 Å². The van der Waals surface area contributed by atoms with E-state index in [0.29, 0.717) is 25.3 Å². The summed E-state index contributed by atoms with van der Waals surface area (Å²) in [6.45, 7) is 7.01. The third-order valence-corrected chi connectivity index (χ3v) is 2.92. The number of hydrogen-bond donors (Lipinski definition) is 1. The number of carbonyl (C=O) groups excluding carboxylic acids is 1. The van der Waals surface area contributed by atoms with Crippen molar-refractivity contribution in [2.45, 2.75) is 45.4 Å². The first-order valence-corrected chi connectivity index (χ1v) is 6.71. The molecule has 0 radical (unpaired) electrons. The summed E-state index contributed by atoms with van der Waals surface area (Å²) in [5.41, 5.74) is 0.726. The molecular weight excluding hydrogens is 261 g/mol. The number of rotatable bonds is 4. The number of esters is 1. The lowest BCUT2D eigenvalue weighted by Gasteiger charge is -2.21. The number of carbonyl (C=O) groups is 1. The van der Waals surface area contributed by atoms with Crippen LogP contribution in [-0.4, -0.2) is 24.2 Å².